The molecule has 0 N–H and O–H groups in total. The van der Waals surface area contributed by atoms with Gasteiger partial charge >= 0.3 is 11.3 Å². The molecule has 250 valence electrons. The van der Waals surface area contributed by atoms with Gasteiger partial charge in [-0.25, -0.2) is 14.6 Å². The van der Waals surface area contributed by atoms with E-state index in [1.807, 2.05) is 103 Å². The highest BCUT2D eigenvalue weighted by atomic mass is 16.4. The van der Waals surface area contributed by atoms with Gasteiger partial charge < -0.3 is 18.6 Å². The Morgan fingerprint density at radius 1 is 0.480 bits per heavy atom. The Labute approximate surface area is 291 Å². The SMILES string of the molecule is CCN(CC)c1ccc2cc(-c3cccc(-c4cccc(-c5cccc(-c6cc7ccc(N(CC)CC)cc7oc6=O)c5)n4)c3)c(=O)oc2c1. The minimum atomic E-state index is -0.382. The molecule has 0 saturated carbocycles. The summed E-state index contributed by atoms with van der Waals surface area (Å²) in [7, 11) is 0. The number of anilines is 2. The van der Waals surface area contributed by atoms with E-state index in [-0.39, 0.29) is 11.3 Å². The van der Waals surface area contributed by atoms with Gasteiger partial charge in [-0.2, -0.15) is 0 Å². The molecule has 0 unspecified atom stereocenters. The van der Waals surface area contributed by atoms with Gasteiger partial charge in [-0.15, -0.1) is 0 Å². The van der Waals surface area contributed by atoms with Gasteiger partial charge in [-0.05, 0) is 99.5 Å². The van der Waals surface area contributed by atoms with Crippen molar-refractivity contribution in [3.05, 3.63) is 136 Å². The predicted molar refractivity (Wildman–Crippen MR) is 205 cm³/mol. The molecule has 0 spiro atoms. The maximum Gasteiger partial charge on any atom is 0.344 e. The van der Waals surface area contributed by atoms with E-state index in [4.69, 9.17) is 13.8 Å². The Morgan fingerprint density at radius 3 is 1.30 bits per heavy atom. The smallest absolute Gasteiger partial charge is 0.344 e. The fourth-order valence-electron chi connectivity index (χ4n) is 6.62. The van der Waals surface area contributed by atoms with E-state index in [2.05, 4.69) is 49.6 Å². The third-order valence-electron chi connectivity index (χ3n) is 9.38. The van der Waals surface area contributed by atoms with E-state index < -0.39 is 0 Å². The molecule has 50 heavy (non-hydrogen) atoms. The molecule has 0 aliphatic carbocycles. The first-order valence-electron chi connectivity index (χ1n) is 17.2. The van der Waals surface area contributed by atoms with Crippen molar-refractivity contribution in [3.63, 3.8) is 0 Å². The molecule has 0 aliphatic rings. The summed E-state index contributed by atoms with van der Waals surface area (Å²) in [5, 5.41) is 1.73. The van der Waals surface area contributed by atoms with Gasteiger partial charge in [0.25, 0.3) is 0 Å². The second kappa shape index (κ2) is 13.9. The zero-order chi connectivity index (χ0) is 34.8. The number of hydrogen-bond acceptors (Lipinski definition) is 7. The number of fused-ring (bicyclic) bond motifs is 2. The molecule has 0 aliphatic heterocycles. The number of benzene rings is 4. The molecule has 0 saturated heterocycles. The first-order valence-corrected chi connectivity index (χ1v) is 17.2. The fourth-order valence-corrected chi connectivity index (χ4v) is 6.62. The highest BCUT2D eigenvalue weighted by Crippen LogP contribution is 2.31. The minimum Gasteiger partial charge on any atom is -0.422 e. The van der Waals surface area contributed by atoms with Crippen LogP contribution in [-0.2, 0) is 0 Å². The number of aromatic nitrogens is 1. The van der Waals surface area contributed by atoms with Crippen molar-refractivity contribution >= 4 is 33.3 Å². The molecule has 4 aromatic carbocycles. The van der Waals surface area contributed by atoms with E-state index in [0.717, 1.165) is 82.0 Å². The molecular formula is C43H39N3O4. The predicted octanol–water partition coefficient (Wildman–Crippen LogP) is 9.65. The van der Waals surface area contributed by atoms with Crippen LogP contribution in [0.2, 0.25) is 0 Å². The molecular weight excluding hydrogens is 622 g/mol. The van der Waals surface area contributed by atoms with Crippen molar-refractivity contribution in [2.24, 2.45) is 0 Å². The van der Waals surface area contributed by atoms with Crippen LogP contribution in [0.5, 0.6) is 0 Å². The van der Waals surface area contributed by atoms with Crippen LogP contribution in [0.1, 0.15) is 27.7 Å². The minimum absolute atomic E-state index is 0.382. The van der Waals surface area contributed by atoms with Gasteiger partial charge in [0.05, 0.1) is 22.5 Å². The Hall–Kier alpha value is -5.95. The van der Waals surface area contributed by atoms with Gasteiger partial charge in [0.15, 0.2) is 0 Å². The average Bonchev–Trinajstić information content (AvgIpc) is 3.15. The molecule has 7 heteroatoms. The van der Waals surface area contributed by atoms with Crippen LogP contribution in [0.25, 0.3) is 66.7 Å². The van der Waals surface area contributed by atoms with Crippen molar-refractivity contribution in [2.45, 2.75) is 27.7 Å². The zero-order valence-corrected chi connectivity index (χ0v) is 28.8. The Bertz CT molecular complexity index is 2290. The molecule has 0 fully saturated rings. The zero-order valence-electron chi connectivity index (χ0n) is 28.8. The Kier molecular flexibility index (Phi) is 9.05. The topological polar surface area (TPSA) is 79.8 Å². The lowest BCUT2D eigenvalue weighted by Crippen LogP contribution is -2.21. The Balaban J connectivity index is 1.20. The van der Waals surface area contributed by atoms with E-state index in [0.29, 0.717) is 22.3 Å². The van der Waals surface area contributed by atoms with Gasteiger partial charge in [-0.1, -0.05) is 42.5 Å². The summed E-state index contributed by atoms with van der Waals surface area (Å²) in [6, 6.07) is 37.3. The molecule has 3 heterocycles. The summed E-state index contributed by atoms with van der Waals surface area (Å²) in [5.74, 6) is 0. The second-order valence-corrected chi connectivity index (χ2v) is 12.3. The molecule has 0 bridgehead atoms. The summed E-state index contributed by atoms with van der Waals surface area (Å²) < 4.78 is 11.6. The number of rotatable bonds is 10. The van der Waals surface area contributed by atoms with E-state index in [9.17, 15) is 9.59 Å². The number of hydrogen-bond donors (Lipinski definition) is 0. The monoisotopic (exact) mass is 661 g/mol. The van der Waals surface area contributed by atoms with Crippen LogP contribution in [0.4, 0.5) is 11.4 Å². The fraction of sp³-hybridized carbons (Fsp3) is 0.186. The van der Waals surface area contributed by atoms with Gasteiger partial charge in [0.1, 0.15) is 11.2 Å². The highest BCUT2D eigenvalue weighted by molar-refractivity contribution is 5.87. The summed E-state index contributed by atoms with van der Waals surface area (Å²) >= 11 is 0. The van der Waals surface area contributed by atoms with Crippen LogP contribution >= 0.6 is 0 Å². The van der Waals surface area contributed by atoms with Crippen LogP contribution < -0.4 is 21.1 Å². The van der Waals surface area contributed by atoms with Crippen LogP contribution in [-0.4, -0.2) is 31.2 Å². The van der Waals surface area contributed by atoms with Crippen LogP contribution in [0, 0.1) is 0 Å². The average molecular weight is 662 g/mol. The molecule has 7 aromatic rings. The van der Waals surface area contributed by atoms with Crippen molar-refractivity contribution < 1.29 is 8.83 Å². The standard InChI is InChI=1S/C43H39N3O4/c1-5-45(6-2)34-20-18-32-24-36(42(47)49-40(32)26-34)28-12-9-14-30(22-28)38-16-11-17-39(44-38)31-15-10-13-29(23-31)37-25-33-19-21-35(46(7-3)8-4)27-41(33)50-43(37)48/h9-27H,5-8H2,1-4H3. The van der Waals surface area contributed by atoms with Gasteiger partial charge in [-0.3, -0.25) is 0 Å². The van der Waals surface area contributed by atoms with Crippen molar-refractivity contribution in [2.75, 3.05) is 36.0 Å². The van der Waals surface area contributed by atoms with Crippen molar-refractivity contribution in [1.29, 1.82) is 0 Å². The molecule has 0 radical (unpaired) electrons. The summed E-state index contributed by atoms with van der Waals surface area (Å²) in [6.07, 6.45) is 0. The van der Waals surface area contributed by atoms with E-state index >= 15 is 0 Å². The quantitative estimate of drug-likeness (QED) is 0.135. The first kappa shape index (κ1) is 32.6. The summed E-state index contributed by atoms with van der Waals surface area (Å²) in [4.78, 5) is 35.9. The lowest BCUT2D eigenvalue weighted by atomic mass is 10.00. The van der Waals surface area contributed by atoms with E-state index in [1.165, 1.54) is 0 Å². The lowest BCUT2D eigenvalue weighted by Gasteiger charge is -2.21. The van der Waals surface area contributed by atoms with Gasteiger partial charge in [0.2, 0.25) is 0 Å². The van der Waals surface area contributed by atoms with Crippen LogP contribution in [0.3, 0.4) is 0 Å². The van der Waals surface area contributed by atoms with E-state index in [1.54, 1.807) is 0 Å². The molecule has 0 atom stereocenters. The van der Waals surface area contributed by atoms with Crippen molar-refractivity contribution in [1.82, 2.24) is 4.98 Å². The number of nitrogens with zero attached hydrogens (tertiary/aromatic N) is 3. The maximum absolute atomic E-state index is 13.2. The highest BCUT2D eigenvalue weighted by Gasteiger charge is 2.14. The summed E-state index contributed by atoms with van der Waals surface area (Å²) in [5.41, 5.74) is 8.21. The normalized spacial score (nSPS) is 11.3. The second-order valence-electron chi connectivity index (χ2n) is 12.3. The molecule has 7 nitrogen and oxygen atoms in total. The maximum atomic E-state index is 13.2. The molecule has 0 amide bonds. The van der Waals surface area contributed by atoms with Crippen molar-refractivity contribution in [3.8, 4) is 44.8 Å². The summed E-state index contributed by atoms with van der Waals surface area (Å²) in [6.45, 7) is 11.9. The number of pyridine rings is 1. The first-order chi connectivity index (χ1) is 24.4. The largest absolute Gasteiger partial charge is 0.422 e. The van der Waals surface area contributed by atoms with Crippen LogP contribution in [0.15, 0.2) is 134 Å². The third kappa shape index (κ3) is 6.30. The Morgan fingerprint density at radius 2 is 0.880 bits per heavy atom. The molecule has 7 rings (SSSR count). The molecule has 3 aromatic heterocycles. The van der Waals surface area contributed by atoms with Gasteiger partial charge in [0, 0.05) is 71.6 Å². The third-order valence-corrected chi connectivity index (χ3v) is 9.38. The lowest BCUT2D eigenvalue weighted by molar-refractivity contribution is 0.563.